The lowest BCUT2D eigenvalue weighted by Gasteiger charge is -2.20. The van der Waals surface area contributed by atoms with Gasteiger partial charge in [-0.2, -0.15) is 0 Å². The van der Waals surface area contributed by atoms with Crippen molar-refractivity contribution in [2.75, 3.05) is 13.7 Å². The Kier molecular flexibility index (Phi) is 4.83. The smallest absolute Gasteiger partial charge is 0.123 e. The normalized spacial score (nSPS) is 24.4. The van der Waals surface area contributed by atoms with Crippen LogP contribution in [-0.2, 0) is 0 Å². The van der Waals surface area contributed by atoms with Gasteiger partial charge < -0.3 is 15.2 Å². The first-order valence-electron chi connectivity index (χ1n) is 7.16. The van der Waals surface area contributed by atoms with Gasteiger partial charge in [0.05, 0.1) is 13.2 Å². The van der Waals surface area contributed by atoms with Gasteiger partial charge in [-0.15, -0.1) is 0 Å². The summed E-state index contributed by atoms with van der Waals surface area (Å²) in [6.45, 7) is 5.21. The molecule has 19 heavy (non-hydrogen) atoms. The fraction of sp³-hybridized carbons (Fsp3) is 0.625. The summed E-state index contributed by atoms with van der Waals surface area (Å²) in [5.74, 6) is 1.56. The van der Waals surface area contributed by atoms with Crippen molar-refractivity contribution in [2.24, 2.45) is 5.92 Å². The van der Waals surface area contributed by atoms with Gasteiger partial charge >= 0.3 is 0 Å². The summed E-state index contributed by atoms with van der Waals surface area (Å²) < 4.78 is 5.46. The van der Waals surface area contributed by atoms with E-state index in [-0.39, 0.29) is 12.1 Å². The van der Waals surface area contributed by atoms with Crippen LogP contribution in [0.25, 0.3) is 0 Å². The van der Waals surface area contributed by atoms with Gasteiger partial charge in [-0.3, -0.25) is 0 Å². The standard InChI is InChI=1S/C16H25NO2/c1-11-4-7-15(16(8-11)19-3)12(2)17-10-13-5-6-14(18)9-13/h4,7-8,12-14,17-18H,5-6,9-10H2,1-3H3. The third-order valence-corrected chi connectivity index (χ3v) is 4.08. The molecule has 3 atom stereocenters. The van der Waals surface area contributed by atoms with E-state index in [1.165, 1.54) is 11.1 Å². The number of rotatable bonds is 5. The Morgan fingerprint density at radius 2 is 2.21 bits per heavy atom. The number of benzene rings is 1. The van der Waals surface area contributed by atoms with Gasteiger partial charge in [-0.25, -0.2) is 0 Å². The molecule has 3 unspecified atom stereocenters. The molecule has 1 saturated carbocycles. The van der Waals surface area contributed by atoms with Crippen LogP contribution in [0.2, 0.25) is 0 Å². The van der Waals surface area contributed by atoms with Gasteiger partial charge in [0.15, 0.2) is 0 Å². The van der Waals surface area contributed by atoms with E-state index in [1.54, 1.807) is 7.11 Å². The zero-order valence-corrected chi connectivity index (χ0v) is 12.1. The van der Waals surface area contributed by atoms with Crippen LogP contribution in [0.1, 0.15) is 43.4 Å². The van der Waals surface area contributed by atoms with Crippen molar-refractivity contribution >= 4 is 0 Å². The lowest BCUT2D eigenvalue weighted by atomic mass is 10.0. The van der Waals surface area contributed by atoms with Crippen LogP contribution in [0, 0.1) is 12.8 Å². The number of aliphatic hydroxyl groups is 1. The van der Waals surface area contributed by atoms with Crippen molar-refractivity contribution in [3.05, 3.63) is 29.3 Å². The number of methoxy groups -OCH3 is 1. The summed E-state index contributed by atoms with van der Waals surface area (Å²) in [6, 6.07) is 6.60. The minimum absolute atomic E-state index is 0.0870. The van der Waals surface area contributed by atoms with Crippen molar-refractivity contribution in [2.45, 2.75) is 45.3 Å². The summed E-state index contributed by atoms with van der Waals surface area (Å²) in [5, 5.41) is 13.1. The predicted octanol–water partition coefficient (Wildman–Crippen LogP) is 2.82. The number of hydrogen-bond acceptors (Lipinski definition) is 3. The maximum atomic E-state index is 9.55. The molecule has 0 aromatic heterocycles. The number of ether oxygens (including phenoxy) is 1. The highest BCUT2D eigenvalue weighted by Gasteiger charge is 2.23. The fourth-order valence-corrected chi connectivity index (χ4v) is 2.86. The van der Waals surface area contributed by atoms with Gasteiger partial charge in [0.2, 0.25) is 0 Å². The molecule has 0 bridgehead atoms. The van der Waals surface area contributed by atoms with Gasteiger partial charge in [-0.1, -0.05) is 12.1 Å². The Balaban J connectivity index is 1.94. The highest BCUT2D eigenvalue weighted by atomic mass is 16.5. The molecule has 0 saturated heterocycles. The summed E-state index contributed by atoms with van der Waals surface area (Å²) in [5.41, 5.74) is 2.42. The lowest BCUT2D eigenvalue weighted by Crippen LogP contribution is -2.25. The summed E-state index contributed by atoms with van der Waals surface area (Å²) in [4.78, 5) is 0. The minimum Gasteiger partial charge on any atom is -0.496 e. The van der Waals surface area contributed by atoms with E-state index in [0.29, 0.717) is 5.92 Å². The highest BCUT2D eigenvalue weighted by molar-refractivity contribution is 5.39. The van der Waals surface area contributed by atoms with Crippen LogP contribution in [0.15, 0.2) is 18.2 Å². The first kappa shape index (κ1) is 14.4. The second kappa shape index (κ2) is 6.40. The van der Waals surface area contributed by atoms with Gasteiger partial charge in [0, 0.05) is 11.6 Å². The molecule has 1 aromatic rings. The van der Waals surface area contributed by atoms with Crippen molar-refractivity contribution in [1.29, 1.82) is 0 Å². The highest BCUT2D eigenvalue weighted by Crippen LogP contribution is 2.28. The molecule has 106 valence electrons. The van der Waals surface area contributed by atoms with Crippen LogP contribution in [0.3, 0.4) is 0 Å². The molecular formula is C16H25NO2. The summed E-state index contributed by atoms with van der Waals surface area (Å²) >= 11 is 0. The van der Waals surface area contributed by atoms with E-state index >= 15 is 0 Å². The quantitative estimate of drug-likeness (QED) is 0.858. The molecular weight excluding hydrogens is 238 g/mol. The van der Waals surface area contributed by atoms with Crippen molar-refractivity contribution in [3.63, 3.8) is 0 Å². The number of aliphatic hydroxyl groups excluding tert-OH is 1. The third kappa shape index (κ3) is 3.71. The van der Waals surface area contributed by atoms with E-state index in [0.717, 1.165) is 31.6 Å². The molecule has 0 aliphatic heterocycles. The largest absolute Gasteiger partial charge is 0.496 e. The minimum atomic E-state index is -0.0870. The number of aryl methyl sites for hydroxylation is 1. The molecule has 1 aromatic carbocycles. The third-order valence-electron chi connectivity index (χ3n) is 4.08. The molecule has 1 aliphatic carbocycles. The SMILES string of the molecule is COc1cc(C)ccc1C(C)NCC1CCC(O)C1. The molecule has 2 rings (SSSR count). The predicted molar refractivity (Wildman–Crippen MR) is 77.5 cm³/mol. The second-order valence-corrected chi connectivity index (χ2v) is 5.71. The molecule has 2 N–H and O–H groups in total. The number of hydrogen-bond donors (Lipinski definition) is 2. The molecule has 0 amide bonds. The van der Waals surface area contributed by atoms with Gasteiger partial charge in [0.25, 0.3) is 0 Å². The maximum Gasteiger partial charge on any atom is 0.123 e. The van der Waals surface area contributed by atoms with Crippen molar-refractivity contribution < 1.29 is 9.84 Å². The average Bonchev–Trinajstić information content (AvgIpc) is 2.81. The van der Waals surface area contributed by atoms with E-state index in [1.807, 2.05) is 0 Å². The zero-order valence-electron chi connectivity index (χ0n) is 12.1. The van der Waals surface area contributed by atoms with E-state index in [4.69, 9.17) is 4.74 Å². The Labute approximate surface area is 116 Å². The Morgan fingerprint density at radius 3 is 2.84 bits per heavy atom. The molecule has 1 fully saturated rings. The molecule has 3 nitrogen and oxygen atoms in total. The van der Waals surface area contributed by atoms with Crippen LogP contribution in [0.5, 0.6) is 5.75 Å². The van der Waals surface area contributed by atoms with Crippen LogP contribution in [0.4, 0.5) is 0 Å². The Bertz CT molecular complexity index is 419. The molecule has 0 spiro atoms. The van der Waals surface area contributed by atoms with Crippen LogP contribution >= 0.6 is 0 Å². The Morgan fingerprint density at radius 1 is 1.42 bits per heavy atom. The van der Waals surface area contributed by atoms with Crippen LogP contribution < -0.4 is 10.1 Å². The average molecular weight is 263 g/mol. The van der Waals surface area contributed by atoms with E-state index < -0.39 is 0 Å². The fourth-order valence-electron chi connectivity index (χ4n) is 2.86. The van der Waals surface area contributed by atoms with Gasteiger partial charge in [-0.05, 0) is 57.2 Å². The number of nitrogens with one attached hydrogen (secondary N) is 1. The first-order chi connectivity index (χ1) is 9.10. The zero-order chi connectivity index (χ0) is 13.8. The lowest BCUT2D eigenvalue weighted by molar-refractivity contribution is 0.177. The van der Waals surface area contributed by atoms with Crippen molar-refractivity contribution in [3.8, 4) is 5.75 Å². The second-order valence-electron chi connectivity index (χ2n) is 5.71. The van der Waals surface area contributed by atoms with E-state index in [9.17, 15) is 5.11 Å². The Hall–Kier alpha value is -1.06. The molecule has 0 radical (unpaired) electrons. The van der Waals surface area contributed by atoms with Crippen LogP contribution in [-0.4, -0.2) is 24.9 Å². The van der Waals surface area contributed by atoms with E-state index in [2.05, 4.69) is 37.4 Å². The molecule has 3 heteroatoms. The van der Waals surface area contributed by atoms with Gasteiger partial charge in [0.1, 0.15) is 5.75 Å². The summed E-state index contributed by atoms with van der Waals surface area (Å²) in [6.07, 6.45) is 2.93. The topological polar surface area (TPSA) is 41.5 Å². The maximum absolute atomic E-state index is 9.55. The first-order valence-corrected chi connectivity index (χ1v) is 7.16. The summed E-state index contributed by atoms with van der Waals surface area (Å²) in [7, 11) is 1.72. The van der Waals surface area contributed by atoms with Crippen molar-refractivity contribution in [1.82, 2.24) is 5.32 Å². The monoisotopic (exact) mass is 263 g/mol. The molecule has 0 heterocycles. The molecule has 1 aliphatic rings.